The molecular formula is C41H26N2. The molecule has 0 bridgehead atoms. The van der Waals surface area contributed by atoms with E-state index in [1.807, 2.05) is 12.4 Å². The third kappa shape index (κ3) is 3.70. The van der Waals surface area contributed by atoms with Gasteiger partial charge in [0.15, 0.2) is 0 Å². The van der Waals surface area contributed by atoms with Crippen LogP contribution in [0.1, 0.15) is 0 Å². The van der Waals surface area contributed by atoms with Crippen LogP contribution < -0.4 is 0 Å². The van der Waals surface area contributed by atoms with E-state index in [2.05, 4.69) is 155 Å². The van der Waals surface area contributed by atoms with Crippen LogP contribution in [0.5, 0.6) is 0 Å². The summed E-state index contributed by atoms with van der Waals surface area (Å²) in [5.41, 5.74) is 8.46. The highest BCUT2D eigenvalue weighted by molar-refractivity contribution is 6.20. The summed E-state index contributed by atoms with van der Waals surface area (Å²) >= 11 is 0. The van der Waals surface area contributed by atoms with Gasteiger partial charge >= 0.3 is 0 Å². The molecule has 0 atom stereocenters. The molecule has 0 saturated carbocycles. The normalized spacial score (nSPS) is 11.7. The van der Waals surface area contributed by atoms with Crippen LogP contribution in [0, 0.1) is 0 Å². The number of para-hydroxylation sites is 1. The van der Waals surface area contributed by atoms with Crippen molar-refractivity contribution in [3.63, 3.8) is 0 Å². The Bertz CT molecular complexity index is 2490. The molecule has 2 heteroatoms. The lowest BCUT2D eigenvalue weighted by molar-refractivity contribution is 1.19. The second kappa shape index (κ2) is 9.40. The van der Waals surface area contributed by atoms with Gasteiger partial charge in [0.25, 0.3) is 0 Å². The Morgan fingerprint density at radius 1 is 0.395 bits per heavy atom. The Kier molecular flexibility index (Phi) is 5.23. The number of rotatable bonds is 3. The quantitative estimate of drug-likeness (QED) is 0.202. The molecule has 0 spiro atoms. The predicted molar refractivity (Wildman–Crippen MR) is 182 cm³/mol. The summed E-state index contributed by atoms with van der Waals surface area (Å²) in [4.78, 5) is 4.20. The Labute approximate surface area is 249 Å². The average molecular weight is 547 g/mol. The van der Waals surface area contributed by atoms with Gasteiger partial charge in [-0.2, -0.15) is 0 Å². The molecule has 0 amide bonds. The first kappa shape index (κ1) is 23.9. The lowest BCUT2D eigenvalue weighted by Crippen LogP contribution is -1.94. The first-order valence-corrected chi connectivity index (χ1v) is 14.7. The van der Waals surface area contributed by atoms with E-state index in [0.29, 0.717) is 0 Å². The van der Waals surface area contributed by atoms with E-state index in [4.69, 9.17) is 0 Å². The summed E-state index contributed by atoms with van der Waals surface area (Å²) in [5.74, 6) is 0. The van der Waals surface area contributed by atoms with Gasteiger partial charge in [0, 0.05) is 34.2 Å². The standard InChI is InChI=1S/C41H26N2/c1-2-9-32(10-3-1)43-40-26-31(39-25-29-8-4-5-11-33(29)35-12-6-7-13-36(35)39)15-18-37(40)38-19-16-30-24-28(14-17-34(30)41(38)43)27-20-22-42-23-21-27/h1-26H. The molecule has 0 saturated heterocycles. The third-order valence-electron chi connectivity index (χ3n) is 8.85. The van der Waals surface area contributed by atoms with Crippen molar-refractivity contribution in [2.24, 2.45) is 0 Å². The lowest BCUT2D eigenvalue weighted by Gasteiger charge is -2.13. The molecule has 0 N–H and O–H groups in total. The maximum absolute atomic E-state index is 4.20. The van der Waals surface area contributed by atoms with Gasteiger partial charge in [0.1, 0.15) is 0 Å². The Morgan fingerprint density at radius 3 is 1.93 bits per heavy atom. The number of hydrogen-bond donors (Lipinski definition) is 0. The summed E-state index contributed by atoms with van der Waals surface area (Å²) < 4.78 is 2.45. The molecular weight excluding hydrogens is 520 g/mol. The maximum atomic E-state index is 4.20. The zero-order valence-electron chi connectivity index (χ0n) is 23.4. The Morgan fingerprint density at radius 2 is 1.07 bits per heavy atom. The van der Waals surface area contributed by atoms with Gasteiger partial charge in [-0.25, -0.2) is 0 Å². The second-order valence-corrected chi connectivity index (χ2v) is 11.2. The van der Waals surface area contributed by atoms with Gasteiger partial charge in [0.05, 0.1) is 11.0 Å². The van der Waals surface area contributed by atoms with Crippen LogP contribution in [0.25, 0.3) is 82.1 Å². The zero-order chi connectivity index (χ0) is 28.3. The summed E-state index contributed by atoms with van der Waals surface area (Å²) in [6.45, 7) is 0. The van der Waals surface area contributed by atoms with Crippen molar-refractivity contribution in [3.05, 3.63) is 158 Å². The molecule has 9 rings (SSSR count). The van der Waals surface area contributed by atoms with Crippen molar-refractivity contribution in [1.29, 1.82) is 0 Å². The van der Waals surface area contributed by atoms with Crippen molar-refractivity contribution >= 4 is 54.1 Å². The first-order valence-electron chi connectivity index (χ1n) is 14.7. The maximum Gasteiger partial charge on any atom is 0.0619 e. The van der Waals surface area contributed by atoms with E-state index in [0.717, 1.165) is 5.69 Å². The molecule has 0 unspecified atom stereocenters. The first-order chi connectivity index (χ1) is 21.3. The molecule has 0 aliphatic carbocycles. The highest BCUT2D eigenvalue weighted by Gasteiger charge is 2.17. The van der Waals surface area contributed by atoms with Crippen LogP contribution in [-0.2, 0) is 0 Å². The van der Waals surface area contributed by atoms with Crippen LogP contribution in [0.3, 0.4) is 0 Å². The third-order valence-corrected chi connectivity index (χ3v) is 8.85. The van der Waals surface area contributed by atoms with E-state index in [9.17, 15) is 0 Å². The molecule has 0 aliphatic rings. The number of hydrogen-bond acceptors (Lipinski definition) is 1. The molecule has 0 aliphatic heterocycles. The molecule has 43 heavy (non-hydrogen) atoms. The van der Waals surface area contributed by atoms with Crippen molar-refractivity contribution in [3.8, 4) is 27.9 Å². The van der Waals surface area contributed by atoms with E-state index < -0.39 is 0 Å². The largest absolute Gasteiger partial charge is 0.309 e. The topological polar surface area (TPSA) is 17.8 Å². The fourth-order valence-electron chi connectivity index (χ4n) is 6.87. The minimum Gasteiger partial charge on any atom is -0.309 e. The van der Waals surface area contributed by atoms with Crippen molar-refractivity contribution < 1.29 is 0 Å². The minimum absolute atomic E-state index is 1.16. The van der Waals surface area contributed by atoms with Crippen molar-refractivity contribution in [2.45, 2.75) is 0 Å². The van der Waals surface area contributed by atoms with Crippen LogP contribution in [0.4, 0.5) is 0 Å². The summed E-state index contributed by atoms with van der Waals surface area (Å²) in [7, 11) is 0. The second-order valence-electron chi connectivity index (χ2n) is 11.2. The Hall–Kier alpha value is -5.73. The molecule has 2 heterocycles. The summed E-state index contributed by atoms with van der Waals surface area (Å²) in [6.07, 6.45) is 3.71. The molecule has 9 aromatic rings. The van der Waals surface area contributed by atoms with Crippen LogP contribution in [0.2, 0.25) is 0 Å². The zero-order valence-corrected chi connectivity index (χ0v) is 23.4. The number of benzene rings is 7. The lowest BCUT2D eigenvalue weighted by atomic mass is 9.93. The number of fused-ring (bicyclic) bond motifs is 8. The molecule has 7 aromatic carbocycles. The minimum atomic E-state index is 1.16. The molecule has 2 nitrogen and oxygen atoms in total. The number of aromatic nitrogens is 2. The van der Waals surface area contributed by atoms with E-state index >= 15 is 0 Å². The summed E-state index contributed by atoms with van der Waals surface area (Å²) in [5, 5.41) is 10.1. The van der Waals surface area contributed by atoms with Gasteiger partial charge in [0.2, 0.25) is 0 Å². The monoisotopic (exact) mass is 546 g/mol. The molecule has 200 valence electrons. The van der Waals surface area contributed by atoms with Crippen LogP contribution >= 0.6 is 0 Å². The molecule has 0 radical (unpaired) electrons. The van der Waals surface area contributed by atoms with Gasteiger partial charge in [-0.3, -0.25) is 4.98 Å². The van der Waals surface area contributed by atoms with Crippen molar-refractivity contribution in [1.82, 2.24) is 9.55 Å². The van der Waals surface area contributed by atoms with Gasteiger partial charge in [-0.15, -0.1) is 0 Å². The van der Waals surface area contributed by atoms with Crippen LogP contribution in [-0.4, -0.2) is 9.55 Å². The Balaban J connectivity index is 1.36. The molecule has 0 fully saturated rings. The summed E-state index contributed by atoms with van der Waals surface area (Å²) in [6, 6.07) is 53.1. The highest BCUT2D eigenvalue weighted by atomic mass is 15.0. The number of pyridine rings is 1. The number of nitrogens with zero attached hydrogens (tertiary/aromatic N) is 2. The van der Waals surface area contributed by atoms with Gasteiger partial charge in [-0.05, 0) is 91.6 Å². The SMILES string of the molecule is c1ccc(-n2c3cc(-c4cc5ccccc5c5ccccc45)ccc3c3ccc4cc(-c5ccncc5)ccc4c32)cc1. The van der Waals surface area contributed by atoms with Crippen LogP contribution in [0.15, 0.2) is 158 Å². The van der Waals surface area contributed by atoms with E-state index in [1.54, 1.807) is 0 Å². The van der Waals surface area contributed by atoms with Gasteiger partial charge in [-0.1, -0.05) is 103 Å². The average Bonchev–Trinajstić information content (AvgIpc) is 3.42. The smallest absolute Gasteiger partial charge is 0.0619 e. The highest BCUT2D eigenvalue weighted by Crippen LogP contribution is 2.41. The fraction of sp³-hybridized carbons (Fsp3) is 0. The fourth-order valence-corrected chi connectivity index (χ4v) is 6.87. The van der Waals surface area contributed by atoms with Gasteiger partial charge < -0.3 is 4.57 Å². The predicted octanol–water partition coefficient (Wildman–Crippen LogP) is 11.0. The van der Waals surface area contributed by atoms with E-state index in [1.165, 1.54) is 76.4 Å². The molecule has 2 aromatic heterocycles. The van der Waals surface area contributed by atoms with Crippen molar-refractivity contribution in [2.75, 3.05) is 0 Å². The van der Waals surface area contributed by atoms with E-state index in [-0.39, 0.29) is 0 Å².